The third-order valence-electron chi connectivity index (χ3n) is 3.65. The molecule has 0 saturated heterocycles. The Balaban J connectivity index is 0.00000300. The van der Waals surface area contributed by atoms with Gasteiger partial charge in [-0.15, -0.1) is 12.4 Å². The maximum atomic E-state index is 12.9. The molecule has 0 aliphatic carbocycles. The number of rotatable bonds is 5. The molecule has 0 bridgehead atoms. The molecule has 0 aliphatic heterocycles. The molecular formula is C17H13ClF4N4O3. The first kappa shape index (κ1) is 22.2. The Morgan fingerprint density at radius 2 is 1.86 bits per heavy atom. The summed E-state index contributed by atoms with van der Waals surface area (Å²) in [6.45, 7) is -0.588. The molecule has 2 aromatic heterocycles. The molecule has 7 nitrogen and oxygen atoms in total. The highest BCUT2D eigenvalue weighted by atomic mass is 35.5. The van der Waals surface area contributed by atoms with Crippen molar-refractivity contribution in [3.8, 4) is 11.5 Å². The van der Waals surface area contributed by atoms with Crippen LogP contribution in [0, 0.1) is 5.82 Å². The predicted molar refractivity (Wildman–Crippen MR) is 93.5 cm³/mol. The lowest BCUT2D eigenvalue weighted by Gasteiger charge is -2.12. The van der Waals surface area contributed by atoms with Gasteiger partial charge in [-0.2, -0.15) is 18.2 Å². The highest BCUT2D eigenvalue weighted by Crippen LogP contribution is 2.29. The van der Waals surface area contributed by atoms with Gasteiger partial charge >= 0.3 is 6.18 Å². The molecular weight excluding hydrogens is 420 g/mol. The fourth-order valence-corrected chi connectivity index (χ4v) is 2.20. The molecule has 0 spiro atoms. The number of aliphatic hydroxyl groups excluding tert-OH is 1. The first-order valence-corrected chi connectivity index (χ1v) is 7.82. The Morgan fingerprint density at radius 1 is 1.17 bits per heavy atom. The van der Waals surface area contributed by atoms with E-state index in [0.717, 1.165) is 24.3 Å². The lowest BCUT2D eigenvalue weighted by atomic mass is 10.2. The van der Waals surface area contributed by atoms with Crippen molar-refractivity contribution in [1.29, 1.82) is 0 Å². The quantitative estimate of drug-likeness (QED) is 0.600. The van der Waals surface area contributed by atoms with Crippen LogP contribution in [-0.2, 0) is 6.18 Å². The van der Waals surface area contributed by atoms with Crippen molar-refractivity contribution in [2.24, 2.45) is 0 Å². The standard InChI is InChI=1S/C17H12F4N4O3.ClH/c18-11-4-1-9(2-5-11)15(27)23-13(8-26)16-24-14(25-28-16)12-6-3-10(7-22-12)17(19,20)21;/h1-7,13,26H,8H2,(H,23,27);1H/t13-;/m0./s1. The van der Waals surface area contributed by atoms with E-state index in [1.807, 2.05) is 0 Å². The number of amides is 1. The molecule has 0 aliphatic rings. The summed E-state index contributed by atoms with van der Waals surface area (Å²) in [7, 11) is 0. The topological polar surface area (TPSA) is 101 Å². The van der Waals surface area contributed by atoms with Crippen LogP contribution in [0.5, 0.6) is 0 Å². The zero-order valence-electron chi connectivity index (χ0n) is 14.4. The maximum Gasteiger partial charge on any atom is 0.417 e. The van der Waals surface area contributed by atoms with Gasteiger partial charge in [-0.05, 0) is 36.4 Å². The monoisotopic (exact) mass is 432 g/mol. The fraction of sp³-hybridized carbons (Fsp3) is 0.176. The Morgan fingerprint density at radius 3 is 2.41 bits per heavy atom. The lowest BCUT2D eigenvalue weighted by molar-refractivity contribution is -0.137. The van der Waals surface area contributed by atoms with Crippen molar-refractivity contribution >= 4 is 18.3 Å². The number of carbonyl (C=O) groups excluding carboxylic acids is 1. The van der Waals surface area contributed by atoms with E-state index in [9.17, 15) is 27.5 Å². The third-order valence-corrected chi connectivity index (χ3v) is 3.65. The minimum absolute atomic E-state index is 0. The Hall–Kier alpha value is -3.05. The highest BCUT2D eigenvalue weighted by molar-refractivity contribution is 5.94. The fourth-order valence-electron chi connectivity index (χ4n) is 2.20. The molecule has 2 N–H and O–H groups in total. The molecule has 0 unspecified atom stereocenters. The molecule has 3 rings (SSSR count). The summed E-state index contributed by atoms with van der Waals surface area (Å²) < 4.78 is 55.6. The average molecular weight is 433 g/mol. The van der Waals surface area contributed by atoms with Gasteiger partial charge in [0.1, 0.15) is 17.6 Å². The van der Waals surface area contributed by atoms with Gasteiger partial charge in [0, 0.05) is 11.8 Å². The average Bonchev–Trinajstić information content (AvgIpc) is 3.16. The summed E-state index contributed by atoms with van der Waals surface area (Å²) in [5.41, 5.74) is -0.770. The minimum Gasteiger partial charge on any atom is -0.394 e. The van der Waals surface area contributed by atoms with E-state index in [1.54, 1.807) is 0 Å². The van der Waals surface area contributed by atoms with E-state index in [0.29, 0.717) is 6.20 Å². The summed E-state index contributed by atoms with van der Waals surface area (Å²) in [6, 6.07) is 5.53. The zero-order chi connectivity index (χ0) is 20.3. The van der Waals surface area contributed by atoms with Crippen molar-refractivity contribution in [1.82, 2.24) is 20.4 Å². The molecule has 1 atom stereocenters. The second-order valence-electron chi connectivity index (χ2n) is 5.60. The molecule has 12 heteroatoms. The molecule has 29 heavy (non-hydrogen) atoms. The number of hydrogen-bond donors (Lipinski definition) is 2. The van der Waals surface area contributed by atoms with Gasteiger partial charge in [0.05, 0.1) is 12.2 Å². The minimum atomic E-state index is -4.53. The van der Waals surface area contributed by atoms with Gasteiger partial charge in [0.15, 0.2) is 0 Å². The molecule has 2 heterocycles. The summed E-state index contributed by atoms with van der Waals surface area (Å²) in [4.78, 5) is 19.7. The van der Waals surface area contributed by atoms with E-state index in [2.05, 4.69) is 20.4 Å². The normalized spacial score (nSPS) is 12.2. The summed E-state index contributed by atoms with van der Waals surface area (Å²) in [5, 5.41) is 15.5. The van der Waals surface area contributed by atoms with E-state index in [1.165, 1.54) is 12.1 Å². The molecule has 0 radical (unpaired) electrons. The lowest BCUT2D eigenvalue weighted by Crippen LogP contribution is -2.31. The second kappa shape index (κ2) is 8.97. The largest absolute Gasteiger partial charge is 0.417 e. The van der Waals surface area contributed by atoms with Gasteiger partial charge in [-0.3, -0.25) is 9.78 Å². The van der Waals surface area contributed by atoms with Crippen LogP contribution in [0.3, 0.4) is 0 Å². The molecule has 1 aromatic carbocycles. The van der Waals surface area contributed by atoms with Crippen LogP contribution in [0.2, 0.25) is 0 Å². The van der Waals surface area contributed by atoms with Crippen molar-refractivity contribution in [2.45, 2.75) is 12.2 Å². The van der Waals surface area contributed by atoms with E-state index >= 15 is 0 Å². The highest BCUT2D eigenvalue weighted by Gasteiger charge is 2.31. The van der Waals surface area contributed by atoms with Crippen LogP contribution >= 0.6 is 12.4 Å². The molecule has 0 saturated carbocycles. The first-order valence-electron chi connectivity index (χ1n) is 7.82. The van der Waals surface area contributed by atoms with E-state index in [-0.39, 0.29) is 35.4 Å². The number of aromatic nitrogens is 3. The summed E-state index contributed by atoms with van der Waals surface area (Å²) in [6.07, 6.45) is -3.90. The molecule has 154 valence electrons. The number of alkyl halides is 3. The van der Waals surface area contributed by atoms with Crippen LogP contribution in [0.15, 0.2) is 47.1 Å². The molecule has 3 aromatic rings. The molecule has 0 fully saturated rings. The van der Waals surface area contributed by atoms with Crippen LogP contribution < -0.4 is 5.32 Å². The predicted octanol–water partition coefficient (Wildman–Crippen LogP) is 3.17. The number of hydrogen-bond acceptors (Lipinski definition) is 6. The number of pyridine rings is 1. The second-order valence-corrected chi connectivity index (χ2v) is 5.60. The number of nitrogens with zero attached hydrogens (tertiary/aromatic N) is 3. The van der Waals surface area contributed by atoms with Gasteiger partial charge in [-0.25, -0.2) is 4.39 Å². The van der Waals surface area contributed by atoms with Gasteiger partial charge in [0.2, 0.25) is 5.82 Å². The number of nitrogens with one attached hydrogen (secondary N) is 1. The number of halogens is 5. The Labute approximate surface area is 167 Å². The zero-order valence-corrected chi connectivity index (χ0v) is 15.2. The number of carbonyl (C=O) groups is 1. The number of benzene rings is 1. The SMILES string of the molecule is Cl.O=C(N[C@@H](CO)c1nc(-c2ccc(C(F)(F)F)cn2)no1)c1ccc(F)cc1. The number of aliphatic hydroxyl groups is 1. The maximum absolute atomic E-state index is 12.9. The first-order chi connectivity index (χ1) is 13.3. The van der Waals surface area contributed by atoms with Crippen molar-refractivity contribution in [3.63, 3.8) is 0 Å². The molecule has 1 amide bonds. The van der Waals surface area contributed by atoms with Crippen LogP contribution in [0.25, 0.3) is 11.5 Å². The smallest absolute Gasteiger partial charge is 0.394 e. The third kappa shape index (κ3) is 5.27. The van der Waals surface area contributed by atoms with Gasteiger partial charge in [0.25, 0.3) is 11.8 Å². The van der Waals surface area contributed by atoms with Gasteiger partial charge in [-0.1, -0.05) is 5.16 Å². The van der Waals surface area contributed by atoms with Crippen molar-refractivity contribution < 1.29 is 32.0 Å². The summed E-state index contributed by atoms with van der Waals surface area (Å²) >= 11 is 0. The summed E-state index contributed by atoms with van der Waals surface area (Å²) in [5.74, 6) is -1.42. The van der Waals surface area contributed by atoms with Crippen LogP contribution in [-0.4, -0.2) is 32.7 Å². The van der Waals surface area contributed by atoms with E-state index in [4.69, 9.17) is 4.52 Å². The Kier molecular flexibility index (Phi) is 6.88. The van der Waals surface area contributed by atoms with Crippen molar-refractivity contribution in [3.05, 3.63) is 65.4 Å². The van der Waals surface area contributed by atoms with Crippen LogP contribution in [0.1, 0.15) is 27.9 Å². The Bertz CT molecular complexity index is 962. The van der Waals surface area contributed by atoms with Crippen LogP contribution in [0.4, 0.5) is 17.6 Å². The van der Waals surface area contributed by atoms with Crippen molar-refractivity contribution in [2.75, 3.05) is 6.61 Å². The van der Waals surface area contributed by atoms with Gasteiger partial charge < -0.3 is 14.9 Å². The van der Waals surface area contributed by atoms with E-state index < -0.39 is 36.1 Å².